The van der Waals surface area contributed by atoms with Gasteiger partial charge in [0, 0.05) is 0 Å². The van der Waals surface area contributed by atoms with Crippen molar-refractivity contribution in [3.05, 3.63) is 41.0 Å². The smallest absolute Gasteiger partial charge is 0.332 e. The summed E-state index contributed by atoms with van der Waals surface area (Å²) >= 11 is 0. The molecule has 0 heterocycles. The van der Waals surface area contributed by atoms with Crippen molar-refractivity contribution >= 4 is 24.0 Å². The molecule has 23 heavy (non-hydrogen) atoms. The number of benzene rings is 1. The molecule has 122 valence electrons. The molecule has 0 saturated heterocycles. The molecule has 6 nitrogen and oxygen atoms in total. The summed E-state index contributed by atoms with van der Waals surface area (Å²) in [5.41, 5.74) is -0.371. The van der Waals surface area contributed by atoms with Gasteiger partial charge in [-0.1, -0.05) is 30.3 Å². The van der Waals surface area contributed by atoms with Crippen LogP contribution < -0.4 is 0 Å². The van der Waals surface area contributed by atoms with Gasteiger partial charge >= 0.3 is 17.9 Å². The molecule has 6 heteroatoms. The van der Waals surface area contributed by atoms with Gasteiger partial charge in [0.15, 0.2) is 0 Å². The third-order valence-electron chi connectivity index (χ3n) is 3.80. The number of carbonyl (C=O) groups excluding carboxylic acids is 3. The molecule has 0 amide bonds. The molecule has 0 bridgehead atoms. The van der Waals surface area contributed by atoms with Crippen molar-refractivity contribution in [2.45, 2.75) is 18.8 Å². The highest BCUT2D eigenvalue weighted by molar-refractivity contribution is 6.14. The van der Waals surface area contributed by atoms with Crippen LogP contribution in [0.5, 0.6) is 0 Å². The number of ether oxygens (including phenoxy) is 3. The zero-order chi connectivity index (χ0) is 17.0. The third-order valence-corrected chi connectivity index (χ3v) is 3.80. The molecule has 0 unspecified atom stereocenters. The molecule has 0 saturated carbocycles. The van der Waals surface area contributed by atoms with Gasteiger partial charge < -0.3 is 14.2 Å². The van der Waals surface area contributed by atoms with E-state index in [1.807, 2.05) is 0 Å². The van der Waals surface area contributed by atoms with Crippen LogP contribution >= 0.6 is 0 Å². The number of esters is 3. The zero-order valence-corrected chi connectivity index (χ0v) is 13.3. The largest absolute Gasteiger partial charge is 0.468 e. The van der Waals surface area contributed by atoms with Gasteiger partial charge in [0.2, 0.25) is 5.41 Å². The molecule has 1 aliphatic carbocycles. The molecule has 2 rings (SSSR count). The molecular weight excluding hydrogens is 300 g/mol. The van der Waals surface area contributed by atoms with Crippen molar-refractivity contribution < 1.29 is 28.6 Å². The van der Waals surface area contributed by atoms with Gasteiger partial charge in [-0.3, -0.25) is 14.4 Å². The van der Waals surface area contributed by atoms with Crippen LogP contribution in [-0.4, -0.2) is 38.7 Å². The lowest BCUT2D eigenvalue weighted by Crippen LogP contribution is -2.46. The zero-order valence-electron chi connectivity index (χ0n) is 13.3. The van der Waals surface area contributed by atoms with Crippen LogP contribution in [0.3, 0.4) is 0 Å². The van der Waals surface area contributed by atoms with E-state index in [1.165, 1.54) is 14.2 Å². The summed E-state index contributed by atoms with van der Waals surface area (Å²) in [4.78, 5) is 37.0. The van der Waals surface area contributed by atoms with Crippen LogP contribution in [0.15, 0.2) is 29.8 Å². The Bertz CT molecular complexity index is 657. The molecule has 0 spiro atoms. The van der Waals surface area contributed by atoms with Crippen molar-refractivity contribution in [1.82, 2.24) is 0 Å². The van der Waals surface area contributed by atoms with Crippen LogP contribution in [0.4, 0.5) is 0 Å². The quantitative estimate of drug-likeness (QED) is 0.466. The van der Waals surface area contributed by atoms with Crippen molar-refractivity contribution in [3.8, 4) is 0 Å². The van der Waals surface area contributed by atoms with E-state index in [4.69, 9.17) is 14.2 Å². The topological polar surface area (TPSA) is 78.9 Å². The van der Waals surface area contributed by atoms with Crippen LogP contribution in [0.1, 0.15) is 24.5 Å². The fourth-order valence-corrected chi connectivity index (χ4v) is 2.86. The van der Waals surface area contributed by atoms with Gasteiger partial charge in [-0.05, 0) is 23.6 Å². The second kappa shape index (κ2) is 6.64. The van der Waals surface area contributed by atoms with Gasteiger partial charge in [0.05, 0.1) is 27.2 Å². The summed E-state index contributed by atoms with van der Waals surface area (Å²) in [6, 6.07) is 6.90. The van der Waals surface area contributed by atoms with Gasteiger partial charge in [-0.15, -0.1) is 0 Å². The first-order valence-corrected chi connectivity index (χ1v) is 7.15. The lowest BCUT2D eigenvalue weighted by Gasteiger charge is -2.27. The molecule has 0 N–H and O–H groups in total. The maximum atomic E-state index is 12.5. The third kappa shape index (κ3) is 2.60. The normalized spacial score (nSPS) is 14.5. The number of hydrogen-bond acceptors (Lipinski definition) is 6. The van der Waals surface area contributed by atoms with Crippen LogP contribution in [-0.2, 0) is 34.0 Å². The summed E-state index contributed by atoms with van der Waals surface area (Å²) < 4.78 is 14.7. The van der Waals surface area contributed by atoms with Gasteiger partial charge in [0.25, 0.3) is 0 Å². The lowest BCUT2D eigenvalue weighted by molar-refractivity contribution is -0.159. The molecule has 1 aliphatic rings. The Labute approximate surface area is 134 Å². The summed E-state index contributed by atoms with van der Waals surface area (Å²) in [6.07, 6.45) is 1.44. The number of fused-ring (bicyclic) bond motifs is 1. The average Bonchev–Trinajstić information content (AvgIpc) is 2.88. The number of hydrogen-bond donors (Lipinski definition) is 0. The first-order valence-electron chi connectivity index (χ1n) is 7.15. The minimum atomic E-state index is -1.77. The first-order chi connectivity index (χ1) is 11.0. The number of carbonyl (C=O) groups is 3. The Morgan fingerprint density at radius 1 is 1.04 bits per heavy atom. The highest BCUT2D eigenvalue weighted by Crippen LogP contribution is 2.45. The minimum absolute atomic E-state index is 0.202. The SMILES string of the molecule is CCOC(=O)CC1=Cc2ccccc2C1(C(=O)OC)C(=O)OC. The molecule has 1 aromatic rings. The fourth-order valence-electron chi connectivity index (χ4n) is 2.86. The molecule has 0 aromatic heterocycles. The molecule has 1 aromatic carbocycles. The van der Waals surface area contributed by atoms with E-state index in [2.05, 4.69) is 0 Å². The van der Waals surface area contributed by atoms with Crippen LogP contribution in [0.2, 0.25) is 0 Å². The number of methoxy groups -OCH3 is 2. The Morgan fingerprint density at radius 2 is 1.65 bits per heavy atom. The number of rotatable bonds is 5. The summed E-state index contributed by atoms with van der Waals surface area (Å²) in [7, 11) is 2.38. The predicted octanol–water partition coefficient (Wildman–Crippen LogP) is 1.62. The summed E-state index contributed by atoms with van der Waals surface area (Å²) in [5.74, 6) is -2.10. The highest BCUT2D eigenvalue weighted by Gasteiger charge is 2.56. The van der Waals surface area contributed by atoms with E-state index < -0.39 is 23.3 Å². The maximum absolute atomic E-state index is 12.5. The molecule has 0 radical (unpaired) electrons. The Morgan fingerprint density at radius 3 is 2.22 bits per heavy atom. The van der Waals surface area contributed by atoms with Crippen LogP contribution in [0, 0.1) is 0 Å². The van der Waals surface area contributed by atoms with Crippen LogP contribution in [0.25, 0.3) is 6.08 Å². The second-order valence-corrected chi connectivity index (χ2v) is 4.97. The van der Waals surface area contributed by atoms with Crippen molar-refractivity contribution in [2.75, 3.05) is 20.8 Å². The van der Waals surface area contributed by atoms with E-state index in [-0.39, 0.29) is 18.6 Å². The van der Waals surface area contributed by atoms with Crippen molar-refractivity contribution in [1.29, 1.82) is 0 Å². The Kier molecular flexibility index (Phi) is 4.83. The average molecular weight is 318 g/mol. The molecule has 0 atom stereocenters. The van der Waals surface area contributed by atoms with Gasteiger partial charge in [-0.2, -0.15) is 0 Å². The highest BCUT2D eigenvalue weighted by atomic mass is 16.5. The first kappa shape index (κ1) is 16.7. The van der Waals surface area contributed by atoms with E-state index >= 15 is 0 Å². The maximum Gasteiger partial charge on any atom is 0.332 e. The standard InChI is InChI=1S/C17H18O6/c1-4-23-14(18)10-12-9-11-7-5-6-8-13(11)17(12,15(19)21-2)16(20)22-3/h5-9H,4,10H2,1-3H3. The van der Waals surface area contributed by atoms with E-state index in [0.717, 1.165) is 0 Å². The van der Waals surface area contributed by atoms with E-state index in [0.29, 0.717) is 11.1 Å². The lowest BCUT2D eigenvalue weighted by atomic mass is 9.76. The monoisotopic (exact) mass is 318 g/mol. The van der Waals surface area contributed by atoms with Gasteiger partial charge in [0.1, 0.15) is 0 Å². The van der Waals surface area contributed by atoms with Gasteiger partial charge in [-0.25, -0.2) is 0 Å². The molecule has 0 aliphatic heterocycles. The second-order valence-electron chi connectivity index (χ2n) is 4.97. The minimum Gasteiger partial charge on any atom is -0.468 e. The Balaban J connectivity index is 2.61. The summed E-state index contributed by atoms with van der Waals surface area (Å²) in [5, 5.41) is 0. The fraction of sp³-hybridized carbons (Fsp3) is 0.353. The van der Waals surface area contributed by atoms with Crippen molar-refractivity contribution in [3.63, 3.8) is 0 Å². The molecule has 0 fully saturated rings. The van der Waals surface area contributed by atoms with Crippen molar-refractivity contribution in [2.24, 2.45) is 0 Å². The molecular formula is C17H18O6. The summed E-state index contributed by atoms with van der Waals surface area (Å²) in [6.45, 7) is 1.89. The predicted molar refractivity (Wildman–Crippen MR) is 81.4 cm³/mol. The Hall–Kier alpha value is -2.63. The van der Waals surface area contributed by atoms with E-state index in [1.54, 1.807) is 37.3 Å². The van der Waals surface area contributed by atoms with E-state index in [9.17, 15) is 14.4 Å².